The zero-order valence-electron chi connectivity index (χ0n) is 16.3. The first-order valence-corrected chi connectivity index (χ1v) is 9.43. The third kappa shape index (κ3) is 3.47. The predicted molar refractivity (Wildman–Crippen MR) is 106 cm³/mol. The Morgan fingerprint density at radius 3 is 2.86 bits per heavy atom. The van der Waals surface area contributed by atoms with Crippen LogP contribution in [0.15, 0.2) is 41.1 Å². The van der Waals surface area contributed by atoms with Crippen molar-refractivity contribution in [1.29, 1.82) is 0 Å². The third-order valence-electron chi connectivity index (χ3n) is 5.12. The van der Waals surface area contributed by atoms with Gasteiger partial charge in [0.1, 0.15) is 11.6 Å². The Balaban J connectivity index is 1.54. The Kier molecular flexibility index (Phi) is 4.81. The highest BCUT2D eigenvalue weighted by Gasteiger charge is 2.33. The molecule has 28 heavy (non-hydrogen) atoms. The number of hydrogen-bond acceptors (Lipinski definition) is 5. The number of carbonyl (C=O) groups is 1. The van der Waals surface area contributed by atoms with E-state index in [2.05, 4.69) is 20.4 Å². The molecular formula is C21H23N5O2. The molecular weight excluding hydrogens is 354 g/mol. The van der Waals surface area contributed by atoms with E-state index in [9.17, 15) is 4.79 Å². The summed E-state index contributed by atoms with van der Waals surface area (Å²) in [5.41, 5.74) is 4.38. The lowest BCUT2D eigenvalue weighted by Crippen LogP contribution is -2.34. The Labute approximate surface area is 163 Å². The van der Waals surface area contributed by atoms with Crippen molar-refractivity contribution in [3.63, 3.8) is 0 Å². The van der Waals surface area contributed by atoms with Gasteiger partial charge in [-0.3, -0.25) is 0 Å². The first kappa shape index (κ1) is 18.2. The fraction of sp³-hybridized carbons (Fsp3) is 0.333. The zero-order chi connectivity index (χ0) is 19.7. The number of carbonyl (C=O) groups excluding carboxylic acids is 1. The number of urea groups is 1. The molecule has 1 aliphatic heterocycles. The van der Waals surface area contributed by atoms with E-state index in [1.807, 2.05) is 56.0 Å². The van der Waals surface area contributed by atoms with Crippen LogP contribution in [0.5, 0.6) is 0 Å². The number of aromatic nitrogens is 3. The van der Waals surface area contributed by atoms with Gasteiger partial charge >= 0.3 is 6.03 Å². The monoisotopic (exact) mass is 377 g/mol. The molecule has 1 aliphatic rings. The molecule has 0 spiro atoms. The van der Waals surface area contributed by atoms with Gasteiger partial charge in [0.2, 0.25) is 0 Å². The lowest BCUT2D eigenvalue weighted by atomic mass is 10.0. The minimum atomic E-state index is -0.112. The molecule has 2 amide bonds. The Morgan fingerprint density at radius 1 is 1.25 bits per heavy atom. The van der Waals surface area contributed by atoms with Crippen LogP contribution in [-0.2, 0) is 0 Å². The number of aryl methyl sites for hydroxylation is 3. The number of rotatable bonds is 3. The van der Waals surface area contributed by atoms with Crippen molar-refractivity contribution in [3.05, 3.63) is 59.4 Å². The Hall–Kier alpha value is -3.22. The van der Waals surface area contributed by atoms with Gasteiger partial charge in [0, 0.05) is 29.6 Å². The number of amides is 2. The average molecular weight is 377 g/mol. The van der Waals surface area contributed by atoms with Crippen LogP contribution in [-0.4, -0.2) is 32.6 Å². The molecule has 3 heterocycles. The average Bonchev–Trinajstić information content (AvgIpc) is 3.28. The quantitative estimate of drug-likeness (QED) is 0.730. The van der Waals surface area contributed by atoms with Gasteiger partial charge in [0.15, 0.2) is 0 Å². The van der Waals surface area contributed by atoms with Crippen molar-refractivity contribution in [1.82, 2.24) is 20.0 Å². The molecule has 1 unspecified atom stereocenters. The Morgan fingerprint density at radius 2 is 2.11 bits per heavy atom. The highest BCUT2D eigenvalue weighted by molar-refractivity contribution is 5.90. The molecule has 0 aliphatic carbocycles. The molecule has 0 radical (unpaired) electrons. The van der Waals surface area contributed by atoms with E-state index in [1.54, 1.807) is 6.20 Å². The van der Waals surface area contributed by atoms with Crippen molar-refractivity contribution in [3.8, 4) is 11.3 Å². The summed E-state index contributed by atoms with van der Waals surface area (Å²) in [6, 6.07) is 9.45. The van der Waals surface area contributed by atoms with Gasteiger partial charge in [0.05, 0.1) is 17.4 Å². The molecule has 0 saturated carbocycles. The minimum absolute atomic E-state index is 0.000975. The minimum Gasteiger partial charge on any atom is -0.361 e. The summed E-state index contributed by atoms with van der Waals surface area (Å²) in [6.45, 7) is 6.40. The van der Waals surface area contributed by atoms with E-state index in [0.717, 1.165) is 46.8 Å². The smallest absolute Gasteiger partial charge is 0.322 e. The maximum Gasteiger partial charge on any atom is 0.322 e. The summed E-state index contributed by atoms with van der Waals surface area (Å²) >= 11 is 0. The fourth-order valence-corrected chi connectivity index (χ4v) is 3.84. The van der Waals surface area contributed by atoms with E-state index in [-0.39, 0.29) is 12.1 Å². The topological polar surface area (TPSA) is 84.2 Å². The maximum absolute atomic E-state index is 13.0. The molecule has 7 nitrogen and oxygen atoms in total. The van der Waals surface area contributed by atoms with E-state index in [1.165, 1.54) is 0 Å². The van der Waals surface area contributed by atoms with Crippen LogP contribution < -0.4 is 5.32 Å². The zero-order valence-corrected chi connectivity index (χ0v) is 16.3. The highest BCUT2D eigenvalue weighted by atomic mass is 16.5. The highest BCUT2D eigenvalue weighted by Crippen LogP contribution is 2.36. The van der Waals surface area contributed by atoms with Crippen LogP contribution in [0, 0.1) is 20.8 Å². The summed E-state index contributed by atoms with van der Waals surface area (Å²) in [4.78, 5) is 23.4. The fourth-order valence-electron chi connectivity index (χ4n) is 3.84. The Bertz CT molecular complexity index is 994. The molecule has 1 saturated heterocycles. The molecule has 1 atom stereocenters. The van der Waals surface area contributed by atoms with Crippen molar-refractivity contribution < 1.29 is 9.32 Å². The maximum atomic E-state index is 13.0. The van der Waals surface area contributed by atoms with E-state index >= 15 is 0 Å². The van der Waals surface area contributed by atoms with Crippen LogP contribution in [0.1, 0.15) is 41.7 Å². The molecule has 144 valence electrons. The summed E-state index contributed by atoms with van der Waals surface area (Å²) < 4.78 is 5.31. The second-order valence-corrected chi connectivity index (χ2v) is 7.09. The van der Waals surface area contributed by atoms with Crippen LogP contribution in [0.3, 0.4) is 0 Å². The normalized spacial score (nSPS) is 16.4. The van der Waals surface area contributed by atoms with Gasteiger partial charge in [-0.2, -0.15) is 0 Å². The summed E-state index contributed by atoms with van der Waals surface area (Å²) in [5.74, 6) is 1.50. The van der Waals surface area contributed by atoms with Gasteiger partial charge in [0.25, 0.3) is 0 Å². The first-order chi connectivity index (χ1) is 13.5. The number of likely N-dealkylation sites (tertiary alicyclic amines) is 1. The molecule has 1 fully saturated rings. The van der Waals surface area contributed by atoms with Crippen molar-refractivity contribution in [2.45, 2.75) is 39.7 Å². The lowest BCUT2D eigenvalue weighted by molar-refractivity contribution is 0.206. The van der Waals surface area contributed by atoms with Gasteiger partial charge in [-0.1, -0.05) is 17.3 Å². The molecule has 2 aromatic heterocycles. The SMILES string of the molecule is Cc1nccc(-c2cccc(NC(=O)N3CCCC3c3c(C)noc3C)c2)n1. The summed E-state index contributed by atoms with van der Waals surface area (Å²) in [7, 11) is 0. The van der Waals surface area contributed by atoms with Crippen LogP contribution >= 0.6 is 0 Å². The lowest BCUT2D eigenvalue weighted by Gasteiger charge is -2.25. The number of nitrogens with zero attached hydrogens (tertiary/aromatic N) is 4. The first-order valence-electron chi connectivity index (χ1n) is 9.43. The van der Waals surface area contributed by atoms with Crippen LogP contribution in [0.4, 0.5) is 10.5 Å². The van der Waals surface area contributed by atoms with Gasteiger partial charge in [-0.05, 0) is 51.8 Å². The molecule has 4 rings (SSSR count). The number of anilines is 1. The van der Waals surface area contributed by atoms with E-state index in [4.69, 9.17) is 4.52 Å². The van der Waals surface area contributed by atoms with Crippen LogP contribution in [0.25, 0.3) is 11.3 Å². The summed E-state index contributed by atoms with van der Waals surface area (Å²) in [6.07, 6.45) is 3.61. The van der Waals surface area contributed by atoms with Gasteiger partial charge < -0.3 is 14.7 Å². The standard InChI is InChI=1S/C21H23N5O2/c1-13-20(14(2)28-25-13)19-8-5-11-26(19)21(27)24-17-7-4-6-16(12-17)18-9-10-22-15(3)23-18/h4,6-7,9-10,12,19H,5,8,11H2,1-3H3,(H,24,27). The van der Waals surface area contributed by atoms with Gasteiger partial charge in [-0.25, -0.2) is 14.8 Å². The van der Waals surface area contributed by atoms with Crippen LogP contribution in [0.2, 0.25) is 0 Å². The number of hydrogen-bond donors (Lipinski definition) is 1. The summed E-state index contributed by atoms with van der Waals surface area (Å²) in [5, 5.41) is 7.08. The van der Waals surface area contributed by atoms with Crippen molar-refractivity contribution in [2.75, 3.05) is 11.9 Å². The molecule has 1 N–H and O–H groups in total. The molecule has 0 bridgehead atoms. The second kappa shape index (κ2) is 7.42. The molecule has 1 aromatic carbocycles. The van der Waals surface area contributed by atoms with Crippen molar-refractivity contribution in [2.24, 2.45) is 0 Å². The molecule has 3 aromatic rings. The van der Waals surface area contributed by atoms with Gasteiger partial charge in [-0.15, -0.1) is 0 Å². The number of nitrogens with one attached hydrogen (secondary N) is 1. The second-order valence-electron chi connectivity index (χ2n) is 7.09. The van der Waals surface area contributed by atoms with Crippen molar-refractivity contribution >= 4 is 11.7 Å². The third-order valence-corrected chi connectivity index (χ3v) is 5.12. The predicted octanol–water partition coefficient (Wildman–Crippen LogP) is 4.43. The molecule has 7 heteroatoms. The van der Waals surface area contributed by atoms with E-state index in [0.29, 0.717) is 12.4 Å². The largest absolute Gasteiger partial charge is 0.361 e. The van der Waals surface area contributed by atoms with E-state index < -0.39 is 0 Å². The number of benzene rings is 1.